The average Bonchev–Trinajstić information content (AvgIpc) is 2.64. The highest BCUT2D eigenvalue weighted by molar-refractivity contribution is 5.74. The highest BCUT2D eigenvalue weighted by atomic mass is 16.6. The number of carbonyl (C=O) groups is 2. The van der Waals surface area contributed by atoms with Gasteiger partial charge in [-0.1, -0.05) is 44.2 Å². The molecule has 0 spiro atoms. The van der Waals surface area contributed by atoms with Gasteiger partial charge in [0.2, 0.25) is 0 Å². The number of hydrogen-bond donors (Lipinski definition) is 1. The molecule has 0 radical (unpaired) electrons. The summed E-state index contributed by atoms with van der Waals surface area (Å²) in [5, 5.41) is 2.96. The second kappa shape index (κ2) is 10.6. The van der Waals surface area contributed by atoms with Crippen molar-refractivity contribution in [3.63, 3.8) is 0 Å². The largest absolute Gasteiger partial charge is 0.445 e. The molecule has 1 aliphatic heterocycles. The number of nitrogens with one attached hydrogen (secondary N) is 1. The van der Waals surface area contributed by atoms with Crippen LogP contribution in [0.15, 0.2) is 30.3 Å². The minimum atomic E-state index is -0.329. The SMILES string of the molecule is CC.C[C@@H]1[C@H](NC(=O)N(C)C)CCCN1C(=O)OCc1ccccc1.[HH]. The lowest BCUT2D eigenvalue weighted by atomic mass is 9.98. The predicted molar refractivity (Wildman–Crippen MR) is 101 cm³/mol. The van der Waals surface area contributed by atoms with Crippen molar-refractivity contribution in [2.24, 2.45) is 0 Å². The third kappa shape index (κ3) is 6.29. The van der Waals surface area contributed by atoms with Crippen LogP contribution in [0.25, 0.3) is 0 Å². The molecule has 6 heteroatoms. The molecule has 2 rings (SSSR count). The molecule has 142 valence electrons. The Morgan fingerprint density at radius 2 is 1.92 bits per heavy atom. The van der Waals surface area contributed by atoms with Crippen LogP contribution in [0.1, 0.15) is 40.6 Å². The van der Waals surface area contributed by atoms with E-state index in [2.05, 4.69) is 5.32 Å². The number of carbonyl (C=O) groups excluding carboxylic acids is 2. The first-order valence-corrected chi connectivity index (χ1v) is 8.94. The molecule has 1 aliphatic rings. The quantitative estimate of drug-likeness (QED) is 0.903. The summed E-state index contributed by atoms with van der Waals surface area (Å²) in [5.41, 5.74) is 0.961. The van der Waals surface area contributed by atoms with Crippen LogP contribution in [0.4, 0.5) is 9.59 Å². The molecule has 0 aromatic heterocycles. The van der Waals surface area contributed by atoms with Crippen molar-refractivity contribution in [2.75, 3.05) is 20.6 Å². The Morgan fingerprint density at radius 1 is 1.28 bits per heavy atom. The number of piperidine rings is 1. The summed E-state index contributed by atoms with van der Waals surface area (Å²) in [5.74, 6) is 0. The highest BCUT2D eigenvalue weighted by Gasteiger charge is 2.33. The van der Waals surface area contributed by atoms with Crippen LogP contribution in [-0.4, -0.2) is 54.6 Å². The number of rotatable bonds is 3. The van der Waals surface area contributed by atoms with Gasteiger partial charge in [0.05, 0.1) is 12.1 Å². The summed E-state index contributed by atoms with van der Waals surface area (Å²) in [4.78, 5) is 27.4. The lowest BCUT2D eigenvalue weighted by Crippen LogP contribution is -2.57. The minimum Gasteiger partial charge on any atom is -0.445 e. The summed E-state index contributed by atoms with van der Waals surface area (Å²) in [6.45, 7) is 6.87. The van der Waals surface area contributed by atoms with Crippen molar-refractivity contribution in [3.05, 3.63) is 35.9 Å². The molecule has 0 saturated carbocycles. The number of benzene rings is 1. The maximum absolute atomic E-state index is 12.3. The standard InChI is InChI=1S/C17H25N3O3.C2H6.H2/c1-13-15(18-16(21)19(2)3)10-7-11-20(13)17(22)23-12-14-8-5-4-6-9-14;1-2;/h4-6,8-9,13,15H,7,10-12H2,1-3H3,(H,18,21);1-2H3;1H/t13-,15-;;/m1../s1. The molecule has 1 aromatic carbocycles. The van der Waals surface area contributed by atoms with Gasteiger partial charge in [-0.3, -0.25) is 0 Å². The van der Waals surface area contributed by atoms with Gasteiger partial charge in [-0.15, -0.1) is 0 Å². The van der Waals surface area contributed by atoms with Gasteiger partial charge in [-0.25, -0.2) is 9.59 Å². The van der Waals surface area contributed by atoms with E-state index in [4.69, 9.17) is 4.74 Å². The smallest absolute Gasteiger partial charge is 0.410 e. The third-order valence-electron chi connectivity index (χ3n) is 4.14. The number of likely N-dealkylation sites (tertiary alicyclic amines) is 1. The lowest BCUT2D eigenvalue weighted by molar-refractivity contribution is 0.0622. The van der Waals surface area contributed by atoms with Gasteiger partial charge in [0.25, 0.3) is 0 Å². The fraction of sp³-hybridized carbons (Fsp3) is 0.579. The zero-order valence-corrected chi connectivity index (χ0v) is 16.0. The van der Waals surface area contributed by atoms with Crippen molar-refractivity contribution >= 4 is 12.1 Å². The van der Waals surface area contributed by atoms with E-state index in [1.165, 1.54) is 4.90 Å². The highest BCUT2D eigenvalue weighted by Crippen LogP contribution is 2.19. The fourth-order valence-corrected chi connectivity index (χ4v) is 2.68. The molecular formula is C19H33N3O3. The molecule has 1 aromatic rings. The molecule has 1 saturated heterocycles. The number of ether oxygens (including phenoxy) is 1. The van der Waals surface area contributed by atoms with E-state index in [-0.39, 0.29) is 32.2 Å². The van der Waals surface area contributed by atoms with Crippen LogP contribution in [0.3, 0.4) is 0 Å². The van der Waals surface area contributed by atoms with Crippen LogP contribution in [0.5, 0.6) is 0 Å². The van der Waals surface area contributed by atoms with Gasteiger partial charge >= 0.3 is 12.1 Å². The zero-order valence-electron chi connectivity index (χ0n) is 16.0. The van der Waals surface area contributed by atoms with Gasteiger partial charge in [0, 0.05) is 22.1 Å². The van der Waals surface area contributed by atoms with E-state index < -0.39 is 0 Å². The van der Waals surface area contributed by atoms with E-state index in [1.807, 2.05) is 51.1 Å². The maximum atomic E-state index is 12.3. The van der Waals surface area contributed by atoms with E-state index in [0.717, 1.165) is 18.4 Å². The van der Waals surface area contributed by atoms with Crippen molar-refractivity contribution in [2.45, 2.75) is 52.3 Å². The Bertz CT molecular complexity index is 540. The minimum absolute atomic E-state index is 0. The van der Waals surface area contributed by atoms with Gasteiger partial charge < -0.3 is 19.9 Å². The van der Waals surface area contributed by atoms with Gasteiger partial charge in [-0.05, 0) is 25.3 Å². The Hall–Kier alpha value is -2.24. The molecule has 2 atom stereocenters. The predicted octanol–water partition coefficient (Wildman–Crippen LogP) is 3.72. The van der Waals surface area contributed by atoms with E-state index in [1.54, 1.807) is 19.0 Å². The number of hydrogen-bond acceptors (Lipinski definition) is 3. The second-order valence-electron chi connectivity index (χ2n) is 6.07. The van der Waals surface area contributed by atoms with Gasteiger partial charge in [0.1, 0.15) is 6.61 Å². The summed E-state index contributed by atoms with van der Waals surface area (Å²) < 4.78 is 5.40. The Balaban J connectivity index is 0.00000201. The van der Waals surface area contributed by atoms with Crippen LogP contribution in [0.2, 0.25) is 0 Å². The zero-order chi connectivity index (χ0) is 18.8. The number of amides is 3. The van der Waals surface area contributed by atoms with Crippen LogP contribution >= 0.6 is 0 Å². The Labute approximate surface area is 152 Å². The molecular weight excluding hydrogens is 318 g/mol. The Morgan fingerprint density at radius 3 is 2.52 bits per heavy atom. The molecule has 0 unspecified atom stereocenters. The van der Waals surface area contributed by atoms with E-state index >= 15 is 0 Å². The van der Waals surface area contributed by atoms with E-state index in [9.17, 15) is 9.59 Å². The molecule has 1 heterocycles. The summed E-state index contributed by atoms with van der Waals surface area (Å²) in [7, 11) is 3.41. The summed E-state index contributed by atoms with van der Waals surface area (Å²) in [6.07, 6.45) is 1.39. The monoisotopic (exact) mass is 351 g/mol. The second-order valence-corrected chi connectivity index (χ2v) is 6.07. The molecule has 3 amide bonds. The molecule has 1 fully saturated rings. The topological polar surface area (TPSA) is 61.9 Å². The van der Waals surface area contributed by atoms with Crippen molar-refractivity contribution in [1.29, 1.82) is 0 Å². The first kappa shape index (κ1) is 20.8. The summed E-state index contributed by atoms with van der Waals surface area (Å²) >= 11 is 0. The molecule has 0 bridgehead atoms. The van der Waals surface area contributed by atoms with Crippen molar-refractivity contribution in [3.8, 4) is 0 Å². The van der Waals surface area contributed by atoms with Crippen molar-refractivity contribution in [1.82, 2.24) is 15.1 Å². The van der Waals surface area contributed by atoms with Crippen LogP contribution < -0.4 is 5.32 Å². The third-order valence-corrected chi connectivity index (χ3v) is 4.14. The van der Waals surface area contributed by atoms with Gasteiger partial charge in [0.15, 0.2) is 0 Å². The lowest BCUT2D eigenvalue weighted by Gasteiger charge is -2.39. The number of nitrogens with zero attached hydrogens (tertiary/aromatic N) is 2. The van der Waals surface area contributed by atoms with Crippen LogP contribution in [-0.2, 0) is 11.3 Å². The first-order chi connectivity index (χ1) is 12.0. The maximum Gasteiger partial charge on any atom is 0.410 e. The molecule has 1 N–H and O–H groups in total. The fourth-order valence-electron chi connectivity index (χ4n) is 2.68. The van der Waals surface area contributed by atoms with Crippen LogP contribution in [0, 0.1) is 0 Å². The number of urea groups is 1. The van der Waals surface area contributed by atoms with Crippen molar-refractivity contribution < 1.29 is 15.8 Å². The Kier molecular flexibility index (Phi) is 8.81. The first-order valence-electron chi connectivity index (χ1n) is 8.94. The average molecular weight is 351 g/mol. The summed E-state index contributed by atoms with van der Waals surface area (Å²) in [6, 6.07) is 9.33. The van der Waals surface area contributed by atoms with E-state index in [0.29, 0.717) is 6.54 Å². The normalized spacial score (nSPS) is 19.3. The van der Waals surface area contributed by atoms with Gasteiger partial charge in [-0.2, -0.15) is 0 Å². The molecule has 0 aliphatic carbocycles. The molecule has 25 heavy (non-hydrogen) atoms. The molecule has 6 nitrogen and oxygen atoms in total.